The molecule has 11 heteroatoms. The molecule has 0 aliphatic rings. The molecule has 3 rings (SSSR count). The summed E-state index contributed by atoms with van der Waals surface area (Å²) in [5.41, 5.74) is 2.10. The van der Waals surface area contributed by atoms with Crippen LogP contribution in [0.4, 0.5) is 24.5 Å². The zero-order valence-electron chi connectivity index (χ0n) is 20.3. The first kappa shape index (κ1) is 27.0. The van der Waals surface area contributed by atoms with Crippen molar-refractivity contribution >= 4 is 34.3 Å². The van der Waals surface area contributed by atoms with Gasteiger partial charge in [0, 0.05) is 25.1 Å². The van der Waals surface area contributed by atoms with Gasteiger partial charge in [0.2, 0.25) is 5.91 Å². The molecule has 1 amide bonds. The number of ether oxygens (including phenoxy) is 2. The number of nitrogens with zero attached hydrogens (tertiary/aromatic N) is 2. The van der Waals surface area contributed by atoms with Crippen LogP contribution in [-0.2, 0) is 27.2 Å². The third-order valence-corrected chi connectivity index (χ3v) is 5.46. The number of nitrogens with one attached hydrogen (secondary N) is 2. The van der Waals surface area contributed by atoms with Crippen LogP contribution in [0.15, 0.2) is 42.6 Å². The van der Waals surface area contributed by atoms with Crippen LogP contribution in [0.3, 0.4) is 0 Å². The lowest BCUT2D eigenvalue weighted by Gasteiger charge is -2.17. The second kappa shape index (κ2) is 11.9. The van der Waals surface area contributed by atoms with Crippen molar-refractivity contribution in [1.29, 1.82) is 0 Å². The summed E-state index contributed by atoms with van der Waals surface area (Å²) >= 11 is 0. The van der Waals surface area contributed by atoms with E-state index in [9.17, 15) is 22.8 Å². The van der Waals surface area contributed by atoms with Gasteiger partial charge in [0.05, 0.1) is 31.1 Å². The first-order valence-electron chi connectivity index (χ1n) is 11.4. The molecule has 0 spiro atoms. The number of halogens is 3. The highest BCUT2D eigenvalue weighted by Crippen LogP contribution is 2.33. The first-order valence-corrected chi connectivity index (χ1v) is 11.4. The number of carbonyl (C=O) groups excluding carboxylic acids is 2. The summed E-state index contributed by atoms with van der Waals surface area (Å²) in [6.07, 6.45) is -2.56. The molecule has 0 fully saturated rings. The lowest BCUT2D eigenvalue weighted by Crippen LogP contribution is -2.23. The summed E-state index contributed by atoms with van der Waals surface area (Å²) in [5.74, 6) is -1.19. The number of anilines is 2. The maximum Gasteiger partial charge on any atom is 0.391 e. The Hall–Kier alpha value is -3.60. The summed E-state index contributed by atoms with van der Waals surface area (Å²) in [4.78, 5) is 29.6. The van der Waals surface area contributed by atoms with Gasteiger partial charge in [0.1, 0.15) is 12.3 Å². The predicted molar refractivity (Wildman–Crippen MR) is 130 cm³/mol. The lowest BCUT2D eigenvalue weighted by molar-refractivity contribution is -0.136. The average Bonchev–Trinajstić information content (AvgIpc) is 3.10. The second-order valence-corrected chi connectivity index (χ2v) is 8.40. The maximum atomic E-state index is 12.8. The number of amides is 1. The number of carbonyl (C=O) groups is 2. The smallest absolute Gasteiger partial charge is 0.391 e. The summed E-state index contributed by atoms with van der Waals surface area (Å²) < 4.78 is 49.9. The molecule has 2 N–H and O–H groups in total. The SMILES string of the molecule is COCC(=O)Nc1c(C(=O)OC)n(CCCc2ccccc2)c2ncc(N[C@H](C)CC(F)(F)F)cc12. The third-order valence-electron chi connectivity index (χ3n) is 5.46. The molecular weight excluding hydrogens is 477 g/mol. The van der Waals surface area contributed by atoms with Crippen LogP contribution in [0, 0.1) is 0 Å². The summed E-state index contributed by atoms with van der Waals surface area (Å²) in [6.45, 7) is 1.54. The molecular formula is C25H29F3N4O4. The number of esters is 1. The summed E-state index contributed by atoms with van der Waals surface area (Å²) in [6, 6.07) is 10.5. The Kier molecular flexibility index (Phi) is 8.92. The number of benzene rings is 1. The molecule has 2 aromatic heterocycles. The van der Waals surface area contributed by atoms with Gasteiger partial charge in [-0.1, -0.05) is 30.3 Å². The second-order valence-electron chi connectivity index (χ2n) is 8.40. The minimum atomic E-state index is -4.33. The van der Waals surface area contributed by atoms with Crippen LogP contribution in [0.25, 0.3) is 11.0 Å². The van der Waals surface area contributed by atoms with Crippen LogP contribution in [0.2, 0.25) is 0 Å². The van der Waals surface area contributed by atoms with Gasteiger partial charge in [-0.15, -0.1) is 0 Å². The number of hydrogen-bond donors (Lipinski definition) is 2. The van der Waals surface area contributed by atoms with E-state index in [1.165, 1.54) is 27.3 Å². The van der Waals surface area contributed by atoms with Crippen LogP contribution < -0.4 is 10.6 Å². The Bertz CT molecular complexity index is 1200. The molecule has 1 aromatic carbocycles. The van der Waals surface area contributed by atoms with E-state index in [2.05, 4.69) is 15.6 Å². The Morgan fingerprint density at radius 1 is 1.17 bits per heavy atom. The van der Waals surface area contributed by atoms with Gasteiger partial charge < -0.3 is 24.7 Å². The topological polar surface area (TPSA) is 94.5 Å². The van der Waals surface area contributed by atoms with Gasteiger partial charge in [-0.2, -0.15) is 13.2 Å². The Labute approximate surface area is 206 Å². The third kappa shape index (κ3) is 6.97. The number of aromatic nitrogens is 2. The van der Waals surface area contributed by atoms with E-state index in [1.54, 1.807) is 10.6 Å². The number of aryl methyl sites for hydroxylation is 2. The normalized spacial score (nSPS) is 12.4. The van der Waals surface area contributed by atoms with E-state index in [0.29, 0.717) is 29.7 Å². The summed E-state index contributed by atoms with van der Waals surface area (Å²) in [7, 11) is 2.59. The van der Waals surface area contributed by atoms with E-state index < -0.39 is 30.5 Å². The number of hydrogen-bond acceptors (Lipinski definition) is 6. The van der Waals surface area contributed by atoms with Crippen molar-refractivity contribution in [3.63, 3.8) is 0 Å². The number of pyridine rings is 1. The van der Waals surface area contributed by atoms with Gasteiger partial charge in [-0.05, 0) is 31.4 Å². The minimum Gasteiger partial charge on any atom is -0.464 e. The highest BCUT2D eigenvalue weighted by atomic mass is 19.4. The molecule has 0 saturated carbocycles. The van der Waals surface area contributed by atoms with E-state index in [-0.39, 0.29) is 18.0 Å². The van der Waals surface area contributed by atoms with E-state index >= 15 is 0 Å². The molecule has 1 atom stereocenters. The molecule has 36 heavy (non-hydrogen) atoms. The molecule has 194 valence electrons. The van der Waals surface area contributed by atoms with Crippen molar-refractivity contribution in [1.82, 2.24) is 9.55 Å². The Morgan fingerprint density at radius 2 is 1.89 bits per heavy atom. The number of fused-ring (bicyclic) bond motifs is 1. The summed E-state index contributed by atoms with van der Waals surface area (Å²) in [5, 5.41) is 5.86. The Morgan fingerprint density at radius 3 is 2.53 bits per heavy atom. The standard InChI is InChI=1S/C25H29F3N4O4/c1-16(13-25(26,27)28)30-18-12-19-21(31-20(33)15-35-2)22(24(34)36-3)32(23(19)29-14-18)11-7-10-17-8-5-4-6-9-17/h4-6,8-9,12,14,16,30H,7,10-11,13,15H2,1-3H3,(H,31,33)/t16-/m1/s1. The molecule has 8 nitrogen and oxygen atoms in total. The minimum absolute atomic E-state index is 0.0954. The zero-order chi connectivity index (χ0) is 26.3. The van der Waals surface area contributed by atoms with E-state index in [1.807, 2.05) is 30.3 Å². The zero-order valence-corrected chi connectivity index (χ0v) is 20.3. The van der Waals surface area contributed by atoms with Crippen molar-refractivity contribution in [2.75, 3.05) is 31.5 Å². The average molecular weight is 507 g/mol. The lowest BCUT2D eigenvalue weighted by atomic mass is 10.1. The molecule has 3 aromatic rings. The van der Waals surface area contributed by atoms with Crippen molar-refractivity contribution in [2.45, 2.75) is 44.9 Å². The van der Waals surface area contributed by atoms with E-state index in [0.717, 1.165) is 12.0 Å². The van der Waals surface area contributed by atoms with Crippen LogP contribution >= 0.6 is 0 Å². The number of rotatable bonds is 11. The van der Waals surface area contributed by atoms with Crippen LogP contribution in [0.1, 0.15) is 35.8 Å². The number of alkyl halides is 3. The van der Waals surface area contributed by atoms with Gasteiger partial charge in [-0.25, -0.2) is 9.78 Å². The predicted octanol–water partition coefficient (Wildman–Crippen LogP) is 4.79. The molecule has 0 aliphatic heterocycles. The molecule has 2 heterocycles. The van der Waals surface area contributed by atoms with Gasteiger partial charge >= 0.3 is 12.1 Å². The van der Waals surface area contributed by atoms with Crippen molar-refractivity contribution in [3.05, 3.63) is 53.9 Å². The van der Waals surface area contributed by atoms with Gasteiger partial charge in [-0.3, -0.25) is 4.79 Å². The molecule has 0 aliphatic carbocycles. The van der Waals surface area contributed by atoms with Crippen molar-refractivity contribution in [2.24, 2.45) is 0 Å². The number of methoxy groups -OCH3 is 2. The Balaban J connectivity index is 2.02. The fourth-order valence-corrected chi connectivity index (χ4v) is 4.03. The molecule has 0 unspecified atom stereocenters. The van der Waals surface area contributed by atoms with Gasteiger partial charge in [0.25, 0.3) is 0 Å². The molecule has 0 radical (unpaired) electrons. The quantitative estimate of drug-likeness (QED) is 0.363. The maximum absolute atomic E-state index is 12.8. The van der Waals surface area contributed by atoms with E-state index in [4.69, 9.17) is 9.47 Å². The molecule has 0 bridgehead atoms. The van der Waals surface area contributed by atoms with Crippen molar-refractivity contribution in [3.8, 4) is 0 Å². The fourth-order valence-electron chi connectivity index (χ4n) is 4.03. The van der Waals surface area contributed by atoms with Gasteiger partial charge in [0.15, 0.2) is 5.69 Å². The molecule has 0 saturated heterocycles. The first-order chi connectivity index (χ1) is 17.1. The highest BCUT2D eigenvalue weighted by Gasteiger charge is 2.30. The van der Waals surface area contributed by atoms with Crippen LogP contribution in [0.5, 0.6) is 0 Å². The highest BCUT2D eigenvalue weighted by molar-refractivity contribution is 6.11. The monoisotopic (exact) mass is 506 g/mol. The fraction of sp³-hybridized carbons (Fsp3) is 0.400. The largest absolute Gasteiger partial charge is 0.464 e. The van der Waals surface area contributed by atoms with Crippen LogP contribution in [-0.4, -0.2) is 54.5 Å². The van der Waals surface area contributed by atoms with Crippen molar-refractivity contribution < 1.29 is 32.2 Å².